The van der Waals surface area contributed by atoms with Gasteiger partial charge in [-0.1, -0.05) is 24.3 Å². The van der Waals surface area contributed by atoms with E-state index in [-0.39, 0.29) is 17.9 Å². The summed E-state index contributed by atoms with van der Waals surface area (Å²) in [6, 6.07) is 8.47. The van der Waals surface area contributed by atoms with Gasteiger partial charge in [0.2, 0.25) is 5.91 Å². The molecule has 130 valence electrons. The Balaban J connectivity index is 1.68. The summed E-state index contributed by atoms with van der Waals surface area (Å²) in [7, 11) is 1.70. The van der Waals surface area contributed by atoms with Crippen molar-refractivity contribution < 1.29 is 9.53 Å². The Morgan fingerprint density at radius 2 is 2.17 bits per heavy atom. The molecular formula is C20H28N2O2. The predicted molar refractivity (Wildman–Crippen MR) is 96.0 cm³/mol. The summed E-state index contributed by atoms with van der Waals surface area (Å²) in [6.45, 7) is 2.88. The first-order valence-corrected chi connectivity index (χ1v) is 9.08. The summed E-state index contributed by atoms with van der Waals surface area (Å²) in [4.78, 5) is 15.0. The summed E-state index contributed by atoms with van der Waals surface area (Å²) < 4.78 is 5.37. The number of hydrogen-bond acceptors (Lipinski definition) is 3. The molecule has 2 aliphatic rings. The first-order valence-electron chi connectivity index (χ1n) is 9.08. The minimum absolute atomic E-state index is 0.138. The van der Waals surface area contributed by atoms with Crippen molar-refractivity contribution in [3.05, 3.63) is 42.0 Å². The molecular weight excluding hydrogens is 300 g/mol. The highest BCUT2D eigenvalue weighted by Crippen LogP contribution is 2.27. The van der Waals surface area contributed by atoms with Gasteiger partial charge < -0.3 is 10.1 Å². The Kier molecular flexibility index (Phi) is 5.91. The molecule has 0 spiro atoms. The zero-order chi connectivity index (χ0) is 16.8. The number of hydrogen-bond donors (Lipinski definition) is 1. The van der Waals surface area contributed by atoms with Crippen LogP contribution in [0.3, 0.4) is 0 Å². The lowest BCUT2D eigenvalue weighted by molar-refractivity contribution is -0.125. The average Bonchev–Trinajstić information content (AvgIpc) is 3.17. The van der Waals surface area contributed by atoms with Crippen molar-refractivity contribution >= 4 is 5.91 Å². The van der Waals surface area contributed by atoms with Crippen molar-refractivity contribution in [2.24, 2.45) is 5.92 Å². The molecule has 1 saturated heterocycles. The van der Waals surface area contributed by atoms with Crippen molar-refractivity contribution in [3.8, 4) is 5.75 Å². The Morgan fingerprint density at radius 1 is 1.33 bits per heavy atom. The van der Waals surface area contributed by atoms with Crippen LogP contribution >= 0.6 is 0 Å². The maximum atomic E-state index is 12.5. The molecule has 2 unspecified atom stereocenters. The fraction of sp³-hybridized carbons (Fsp3) is 0.550. The number of likely N-dealkylation sites (tertiary alicyclic amines) is 1. The fourth-order valence-electron chi connectivity index (χ4n) is 3.73. The zero-order valence-corrected chi connectivity index (χ0v) is 14.5. The van der Waals surface area contributed by atoms with Gasteiger partial charge in [0.05, 0.1) is 13.2 Å². The summed E-state index contributed by atoms with van der Waals surface area (Å²) in [6.07, 6.45) is 9.64. The van der Waals surface area contributed by atoms with E-state index in [1.165, 1.54) is 18.4 Å². The predicted octanol–water partition coefficient (Wildman–Crippen LogP) is 3.30. The van der Waals surface area contributed by atoms with E-state index in [9.17, 15) is 4.79 Å². The van der Waals surface area contributed by atoms with E-state index in [0.717, 1.165) is 38.1 Å². The van der Waals surface area contributed by atoms with Crippen LogP contribution in [-0.2, 0) is 4.79 Å². The largest absolute Gasteiger partial charge is 0.497 e. The van der Waals surface area contributed by atoms with Gasteiger partial charge in [0.15, 0.2) is 0 Å². The number of carbonyl (C=O) groups is 1. The summed E-state index contributed by atoms with van der Waals surface area (Å²) in [5.74, 6) is 1.21. The molecule has 0 bridgehead atoms. The first kappa shape index (κ1) is 17.0. The minimum atomic E-state index is 0.138. The third kappa shape index (κ3) is 4.18. The van der Waals surface area contributed by atoms with E-state index in [1.54, 1.807) is 7.11 Å². The van der Waals surface area contributed by atoms with Crippen molar-refractivity contribution in [1.29, 1.82) is 0 Å². The first-order chi connectivity index (χ1) is 11.8. The lowest BCUT2D eigenvalue weighted by Gasteiger charge is -2.29. The molecule has 1 aromatic rings. The molecule has 4 heteroatoms. The van der Waals surface area contributed by atoms with Crippen LogP contribution < -0.4 is 10.1 Å². The standard InChI is InChI=1S/C20H28N2O2/c1-24-18-11-7-10-17(14-18)19(22-12-5-6-13-22)15-21-20(23)16-8-3-2-4-9-16/h2-3,7,10-11,14,16,19H,4-6,8-9,12-13,15H2,1H3,(H,21,23). The molecule has 1 heterocycles. The van der Waals surface area contributed by atoms with Crippen LogP contribution in [0.5, 0.6) is 5.75 Å². The van der Waals surface area contributed by atoms with Gasteiger partial charge in [-0.05, 0) is 62.9 Å². The number of nitrogens with one attached hydrogen (secondary N) is 1. The number of allylic oxidation sites excluding steroid dienone is 2. The topological polar surface area (TPSA) is 41.6 Å². The van der Waals surface area contributed by atoms with Gasteiger partial charge in [0.1, 0.15) is 5.75 Å². The monoisotopic (exact) mass is 328 g/mol. The van der Waals surface area contributed by atoms with Crippen LogP contribution in [0.2, 0.25) is 0 Å². The lowest BCUT2D eigenvalue weighted by Crippen LogP contribution is -2.39. The molecule has 1 N–H and O–H groups in total. The van der Waals surface area contributed by atoms with Crippen molar-refractivity contribution in [1.82, 2.24) is 10.2 Å². The van der Waals surface area contributed by atoms with Crippen molar-refractivity contribution in [3.63, 3.8) is 0 Å². The van der Waals surface area contributed by atoms with Crippen LogP contribution in [0.25, 0.3) is 0 Å². The molecule has 1 fully saturated rings. The zero-order valence-electron chi connectivity index (χ0n) is 14.5. The second-order valence-electron chi connectivity index (χ2n) is 6.76. The van der Waals surface area contributed by atoms with Crippen LogP contribution in [-0.4, -0.2) is 37.6 Å². The maximum Gasteiger partial charge on any atom is 0.223 e. The molecule has 1 aromatic carbocycles. The SMILES string of the molecule is COc1cccc(C(CNC(=O)C2CC=CCC2)N2CCCC2)c1. The molecule has 1 aliphatic heterocycles. The van der Waals surface area contributed by atoms with Crippen LogP contribution in [0.1, 0.15) is 43.7 Å². The van der Waals surface area contributed by atoms with E-state index in [2.05, 4.69) is 34.5 Å². The Labute approximate surface area is 144 Å². The molecule has 2 atom stereocenters. The van der Waals surface area contributed by atoms with Crippen molar-refractivity contribution in [2.45, 2.75) is 38.1 Å². The molecule has 0 radical (unpaired) electrons. The molecule has 24 heavy (non-hydrogen) atoms. The summed E-state index contributed by atoms with van der Waals surface area (Å²) >= 11 is 0. The van der Waals surface area contributed by atoms with Crippen LogP contribution in [0.15, 0.2) is 36.4 Å². The van der Waals surface area contributed by atoms with E-state index in [1.807, 2.05) is 12.1 Å². The molecule has 1 amide bonds. The second-order valence-corrected chi connectivity index (χ2v) is 6.76. The number of nitrogens with zero attached hydrogens (tertiary/aromatic N) is 1. The Hall–Kier alpha value is -1.81. The van der Waals surface area contributed by atoms with E-state index in [4.69, 9.17) is 4.74 Å². The lowest BCUT2D eigenvalue weighted by atomic mass is 9.93. The quantitative estimate of drug-likeness (QED) is 0.815. The highest BCUT2D eigenvalue weighted by atomic mass is 16.5. The second kappa shape index (κ2) is 8.34. The van der Waals surface area contributed by atoms with Gasteiger partial charge in [-0.15, -0.1) is 0 Å². The molecule has 1 aliphatic carbocycles. The Bertz CT molecular complexity index is 579. The highest BCUT2D eigenvalue weighted by molar-refractivity contribution is 5.79. The van der Waals surface area contributed by atoms with Gasteiger partial charge in [0.25, 0.3) is 0 Å². The number of benzene rings is 1. The molecule has 0 saturated carbocycles. The number of carbonyl (C=O) groups excluding carboxylic acids is 1. The van der Waals surface area contributed by atoms with Gasteiger partial charge in [-0.2, -0.15) is 0 Å². The third-order valence-corrected chi connectivity index (χ3v) is 5.17. The number of amides is 1. The van der Waals surface area contributed by atoms with Gasteiger partial charge in [-0.25, -0.2) is 0 Å². The van der Waals surface area contributed by atoms with E-state index >= 15 is 0 Å². The van der Waals surface area contributed by atoms with Gasteiger partial charge in [-0.3, -0.25) is 9.69 Å². The molecule has 3 rings (SSSR count). The van der Waals surface area contributed by atoms with Crippen LogP contribution in [0, 0.1) is 5.92 Å². The van der Waals surface area contributed by atoms with Gasteiger partial charge >= 0.3 is 0 Å². The maximum absolute atomic E-state index is 12.5. The number of rotatable bonds is 6. The smallest absolute Gasteiger partial charge is 0.223 e. The summed E-state index contributed by atoms with van der Waals surface area (Å²) in [5, 5.41) is 3.21. The number of methoxy groups -OCH3 is 1. The minimum Gasteiger partial charge on any atom is -0.497 e. The van der Waals surface area contributed by atoms with Crippen LogP contribution in [0.4, 0.5) is 0 Å². The Morgan fingerprint density at radius 3 is 2.88 bits per heavy atom. The van der Waals surface area contributed by atoms with E-state index in [0.29, 0.717) is 6.54 Å². The van der Waals surface area contributed by atoms with Crippen molar-refractivity contribution in [2.75, 3.05) is 26.7 Å². The number of ether oxygens (including phenoxy) is 1. The summed E-state index contributed by atoms with van der Waals surface area (Å²) in [5.41, 5.74) is 1.22. The normalized spacial score (nSPS) is 22.3. The van der Waals surface area contributed by atoms with E-state index < -0.39 is 0 Å². The fourth-order valence-corrected chi connectivity index (χ4v) is 3.73. The highest BCUT2D eigenvalue weighted by Gasteiger charge is 2.26. The third-order valence-electron chi connectivity index (χ3n) is 5.17. The molecule has 0 aromatic heterocycles. The molecule has 4 nitrogen and oxygen atoms in total. The van der Waals surface area contributed by atoms with Gasteiger partial charge in [0, 0.05) is 12.5 Å². The average molecular weight is 328 g/mol.